The highest BCUT2D eigenvalue weighted by molar-refractivity contribution is 6.05. The first kappa shape index (κ1) is 15.1. The molecule has 3 heteroatoms. The lowest BCUT2D eigenvalue weighted by Crippen LogP contribution is -2.18. The normalized spacial score (nSPS) is 11.0. The van der Waals surface area contributed by atoms with Gasteiger partial charge in [-0.25, -0.2) is 0 Å². The fourth-order valence-electron chi connectivity index (χ4n) is 2.20. The van der Waals surface area contributed by atoms with Crippen LogP contribution in [0.15, 0.2) is 48.5 Å². The molecule has 1 N–H and O–H groups in total. The smallest absolute Gasteiger partial charge is 0.255 e. The molecule has 2 rings (SSSR count). The Kier molecular flexibility index (Phi) is 4.32. The zero-order chi connectivity index (χ0) is 15.5. The minimum atomic E-state index is -0.134. The minimum absolute atomic E-state index is 0.0295. The van der Waals surface area contributed by atoms with E-state index in [-0.39, 0.29) is 11.3 Å². The maximum atomic E-state index is 12.4. The molecule has 2 aromatic carbocycles. The summed E-state index contributed by atoms with van der Waals surface area (Å²) in [6, 6.07) is 15.0. The summed E-state index contributed by atoms with van der Waals surface area (Å²) in [5, 5.41) is 2.99. The number of hydrogen-bond acceptors (Lipinski definition) is 2. The van der Waals surface area contributed by atoms with Crippen LogP contribution < -0.4 is 10.1 Å². The highest BCUT2D eigenvalue weighted by atomic mass is 16.5. The predicted molar refractivity (Wildman–Crippen MR) is 86.1 cm³/mol. The molecule has 0 atom stereocenters. The van der Waals surface area contributed by atoms with Gasteiger partial charge >= 0.3 is 0 Å². The lowest BCUT2D eigenvalue weighted by molar-refractivity contribution is 0.102. The molecule has 2 aromatic rings. The maximum Gasteiger partial charge on any atom is 0.255 e. The van der Waals surface area contributed by atoms with Crippen molar-refractivity contribution in [3.05, 3.63) is 59.7 Å². The summed E-state index contributed by atoms with van der Waals surface area (Å²) in [4.78, 5) is 12.4. The monoisotopic (exact) mass is 283 g/mol. The second-order valence-electron chi connectivity index (χ2n) is 5.98. The molecular formula is C18H21NO2. The van der Waals surface area contributed by atoms with Crippen LogP contribution in [0.2, 0.25) is 0 Å². The van der Waals surface area contributed by atoms with Crippen LogP contribution in [0.1, 0.15) is 36.7 Å². The van der Waals surface area contributed by atoms with Crippen molar-refractivity contribution in [3.8, 4) is 5.75 Å². The second-order valence-corrected chi connectivity index (χ2v) is 5.98. The zero-order valence-corrected chi connectivity index (χ0v) is 12.9. The third-order valence-corrected chi connectivity index (χ3v) is 3.32. The van der Waals surface area contributed by atoms with E-state index >= 15 is 0 Å². The van der Waals surface area contributed by atoms with Crippen LogP contribution in [-0.4, -0.2) is 13.0 Å². The number of carbonyl (C=O) groups is 1. The topological polar surface area (TPSA) is 38.3 Å². The highest BCUT2D eigenvalue weighted by Gasteiger charge is 2.19. The molecule has 0 saturated heterocycles. The highest BCUT2D eigenvalue weighted by Crippen LogP contribution is 2.29. The van der Waals surface area contributed by atoms with E-state index in [0.29, 0.717) is 11.3 Å². The molecule has 0 heterocycles. The van der Waals surface area contributed by atoms with Gasteiger partial charge in [-0.05, 0) is 35.2 Å². The summed E-state index contributed by atoms with van der Waals surface area (Å²) < 4.78 is 5.15. The number of para-hydroxylation sites is 1. The second kappa shape index (κ2) is 6.00. The Morgan fingerprint density at radius 2 is 1.76 bits per heavy atom. The summed E-state index contributed by atoms with van der Waals surface area (Å²) in [5.74, 6) is 0.539. The van der Waals surface area contributed by atoms with Crippen molar-refractivity contribution in [2.75, 3.05) is 12.4 Å². The molecule has 1 amide bonds. The van der Waals surface area contributed by atoms with Gasteiger partial charge in [0.1, 0.15) is 5.75 Å². The number of benzene rings is 2. The van der Waals surface area contributed by atoms with Crippen LogP contribution >= 0.6 is 0 Å². The number of carbonyl (C=O) groups excluding carboxylic acids is 1. The molecule has 0 unspecified atom stereocenters. The van der Waals surface area contributed by atoms with Gasteiger partial charge in [-0.1, -0.05) is 45.0 Å². The first-order valence-corrected chi connectivity index (χ1v) is 6.97. The minimum Gasteiger partial charge on any atom is -0.497 e. The van der Waals surface area contributed by atoms with Gasteiger partial charge < -0.3 is 10.1 Å². The van der Waals surface area contributed by atoms with Gasteiger partial charge in [0.2, 0.25) is 0 Å². The Bertz CT molecular complexity index is 642. The van der Waals surface area contributed by atoms with Crippen LogP contribution in [0, 0.1) is 0 Å². The van der Waals surface area contributed by atoms with E-state index in [1.54, 1.807) is 19.2 Å². The molecule has 0 aromatic heterocycles. The van der Waals surface area contributed by atoms with Crippen molar-refractivity contribution in [1.82, 2.24) is 0 Å². The summed E-state index contributed by atoms with van der Waals surface area (Å²) >= 11 is 0. The Hall–Kier alpha value is -2.29. The van der Waals surface area contributed by atoms with Crippen molar-refractivity contribution in [3.63, 3.8) is 0 Å². The van der Waals surface area contributed by atoms with Gasteiger partial charge in [0.15, 0.2) is 0 Å². The number of methoxy groups -OCH3 is 1. The lowest BCUT2D eigenvalue weighted by Gasteiger charge is -2.23. The van der Waals surface area contributed by atoms with Gasteiger partial charge in [-0.3, -0.25) is 4.79 Å². The molecule has 21 heavy (non-hydrogen) atoms. The summed E-state index contributed by atoms with van der Waals surface area (Å²) in [5.41, 5.74) is 2.51. The molecule has 3 nitrogen and oxygen atoms in total. The number of nitrogens with one attached hydrogen (secondary N) is 1. The van der Waals surface area contributed by atoms with Crippen LogP contribution in [0.3, 0.4) is 0 Å². The molecule has 0 aliphatic carbocycles. The van der Waals surface area contributed by atoms with Crippen LogP contribution in [0.4, 0.5) is 5.69 Å². The standard InChI is InChI=1S/C18H21NO2/c1-18(2,3)15-10-5-6-11-16(15)19-17(20)13-8-7-9-14(12-13)21-4/h5-12H,1-4H3,(H,19,20). The summed E-state index contributed by atoms with van der Waals surface area (Å²) in [7, 11) is 1.59. The third kappa shape index (κ3) is 3.63. The summed E-state index contributed by atoms with van der Waals surface area (Å²) in [6.07, 6.45) is 0. The van der Waals surface area contributed by atoms with Crippen molar-refractivity contribution < 1.29 is 9.53 Å². The van der Waals surface area contributed by atoms with Crippen LogP contribution in [-0.2, 0) is 5.41 Å². The Labute approximate surface area is 126 Å². The van der Waals surface area contributed by atoms with E-state index in [1.807, 2.05) is 36.4 Å². The molecular weight excluding hydrogens is 262 g/mol. The van der Waals surface area contributed by atoms with Crippen LogP contribution in [0.5, 0.6) is 5.75 Å². The Morgan fingerprint density at radius 1 is 1.05 bits per heavy atom. The number of anilines is 1. The lowest BCUT2D eigenvalue weighted by atomic mass is 9.86. The molecule has 0 saturated carbocycles. The molecule has 0 bridgehead atoms. The molecule has 0 spiro atoms. The predicted octanol–water partition coefficient (Wildman–Crippen LogP) is 4.25. The molecule has 0 aliphatic heterocycles. The fraction of sp³-hybridized carbons (Fsp3) is 0.278. The quantitative estimate of drug-likeness (QED) is 0.914. The molecule has 0 fully saturated rings. The average molecular weight is 283 g/mol. The molecule has 110 valence electrons. The molecule has 0 radical (unpaired) electrons. The van der Waals surface area contributed by atoms with E-state index in [0.717, 1.165) is 11.3 Å². The number of rotatable bonds is 3. The number of ether oxygens (including phenoxy) is 1. The fourth-order valence-corrected chi connectivity index (χ4v) is 2.20. The number of hydrogen-bond donors (Lipinski definition) is 1. The Balaban J connectivity index is 2.28. The van der Waals surface area contributed by atoms with E-state index in [2.05, 4.69) is 26.1 Å². The first-order chi connectivity index (χ1) is 9.91. The Morgan fingerprint density at radius 3 is 2.43 bits per heavy atom. The number of amides is 1. The van der Waals surface area contributed by atoms with E-state index in [4.69, 9.17) is 4.74 Å². The maximum absolute atomic E-state index is 12.4. The van der Waals surface area contributed by atoms with Crippen molar-refractivity contribution in [2.24, 2.45) is 0 Å². The summed E-state index contributed by atoms with van der Waals surface area (Å²) in [6.45, 7) is 6.39. The van der Waals surface area contributed by atoms with Gasteiger partial charge in [-0.2, -0.15) is 0 Å². The average Bonchev–Trinajstić information content (AvgIpc) is 2.46. The van der Waals surface area contributed by atoms with Gasteiger partial charge in [0, 0.05) is 11.3 Å². The zero-order valence-electron chi connectivity index (χ0n) is 12.9. The van der Waals surface area contributed by atoms with E-state index < -0.39 is 0 Å². The third-order valence-electron chi connectivity index (χ3n) is 3.32. The SMILES string of the molecule is COc1cccc(C(=O)Nc2ccccc2C(C)(C)C)c1. The van der Waals surface area contributed by atoms with E-state index in [9.17, 15) is 4.79 Å². The largest absolute Gasteiger partial charge is 0.497 e. The van der Waals surface area contributed by atoms with Gasteiger partial charge in [0.25, 0.3) is 5.91 Å². The van der Waals surface area contributed by atoms with Crippen molar-refractivity contribution in [2.45, 2.75) is 26.2 Å². The van der Waals surface area contributed by atoms with Crippen molar-refractivity contribution in [1.29, 1.82) is 0 Å². The van der Waals surface area contributed by atoms with Crippen LogP contribution in [0.25, 0.3) is 0 Å². The molecule has 0 aliphatic rings. The first-order valence-electron chi connectivity index (χ1n) is 6.97. The van der Waals surface area contributed by atoms with E-state index in [1.165, 1.54) is 0 Å². The van der Waals surface area contributed by atoms with Gasteiger partial charge in [0.05, 0.1) is 7.11 Å². The van der Waals surface area contributed by atoms with Gasteiger partial charge in [-0.15, -0.1) is 0 Å². The van der Waals surface area contributed by atoms with Crippen molar-refractivity contribution >= 4 is 11.6 Å².